The number of alkyl carbamates (subject to hydrolysis) is 2. The van der Waals surface area contributed by atoms with Gasteiger partial charge in [-0.25, -0.2) is 38.3 Å². The fourth-order valence-electron chi connectivity index (χ4n) is 6.16. The van der Waals surface area contributed by atoms with Gasteiger partial charge in [0.15, 0.2) is 17.5 Å². The van der Waals surface area contributed by atoms with Crippen LogP contribution in [0.15, 0.2) is 61.4 Å². The van der Waals surface area contributed by atoms with Gasteiger partial charge in [-0.3, -0.25) is 9.36 Å². The van der Waals surface area contributed by atoms with Crippen molar-refractivity contribution < 1.29 is 37.2 Å². The molecule has 0 spiro atoms. The van der Waals surface area contributed by atoms with Gasteiger partial charge in [-0.05, 0) is 123 Å². The van der Waals surface area contributed by atoms with Crippen molar-refractivity contribution in [3.8, 4) is 11.4 Å². The minimum absolute atomic E-state index is 0.141. The molecule has 2 amide bonds. The van der Waals surface area contributed by atoms with E-state index in [1.54, 1.807) is 114 Å². The van der Waals surface area contributed by atoms with Gasteiger partial charge >= 0.3 is 19.3 Å². The summed E-state index contributed by atoms with van der Waals surface area (Å²) in [5.74, 6) is 1.20. The van der Waals surface area contributed by atoms with Gasteiger partial charge in [0.1, 0.15) is 35.5 Å². The molecule has 0 radical (unpaired) electrons. The fourth-order valence-corrected chi connectivity index (χ4v) is 6.28. The van der Waals surface area contributed by atoms with Gasteiger partial charge in [0.05, 0.1) is 16.8 Å². The van der Waals surface area contributed by atoms with E-state index in [0.29, 0.717) is 45.3 Å². The lowest BCUT2D eigenvalue weighted by atomic mass is 9.77. The van der Waals surface area contributed by atoms with Crippen LogP contribution in [0.3, 0.4) is 0 Å². The summed E-state index contributed by atoms with van der Waals surface area (Å²) in [4.78, 5) is 47.4. The molecular weight excluding hydrogens is 929 g/mol. The number of rotatable bonds is 10. The Bertz CT molecular complexity index is 2760. The number of amides is 2. The number of carbonyl (C=O) groups excluding carboxylic acids is 2. The molecule has 0 bridgehead atoms. The van der Waals surface area contributed by atoms with Crippen LogP contribution in [0.1, 0.15) is 91.5 Å². The van der Waals surface area contributed by atoms with Crippen molar-refractivity contribution in [3.05, 3.63) is 101 Å². The Balaban J connectivity index is 0.000000207. The summed E-state index contributed by atoms with van der Waals surface area (Å²) in [5.41, 5.74) is 0.498. The third kappa shape index (κ3) is 15.3. The molecule has 1 aliphatic heterocycles. The van der Waals surface area contributed by atoms with Gasteiger partial charge in [0.2, 0.25) is 17.2 Å². The number of hydrogen-bond acceptors (Lipinski definition) is 16. The molecule has 374 valence electrons. The number of nitrogens with one attached hydrogen (secondary N) is 4. The molecule has 0 unspecified atom stereocenters. The lowest BCUT2D eigenvalue weighted by molar-refractivity contribution is 0.00578. The first-order valence-electron chi connectivity index (χ1n) is 22.0. The van der Waals surface area contributed by atoms with E-state index < -0.39 is 47.5 Å². The number of hydrogen-bond donors (Lipinski definition) is 4. The molecule has 20 nitrogen and oxygen atoms in total. The second-order valence-electron chi connectivity index (χ2n) is 19.0. The minimum Gasteiger partial charge on any atom is -0.444 e. The van der Waals surface area contributed by atoms with E-state index in [9.17, 15) is 14.0 Å². The van der Waals surface area contributed by atoms with Crippen LogP contribution >= 0.6 is 11.6 Å². The molecule has 5 heterocycles. The largest absolute Gasteiger partial charge is 0.497 e. The molecule has 0 saturated carbocycles. The van der Waals surface area contributed by atoms with E-state index >= 15 is 4.39 Å². The van der Waals surface area contributed by atoms with Crippen molar-refractivity contribution in [3.63, 3.8) is 0 Å². The van der Waals surface area contributed by atoms with Crippen molar-refractivity contribution in [2.24, 2.45) is 14.1 Å². The molecule has 0 aliphatic carbocycles. The number of aryl methyl sites for hydroxylation is 2. The predicted octanol–water partition coefficient (Wildman–Crippen LogP) is 7.95. The van der Waals surface area contributed by atoms with Crippen LogP contribution in [0, 0.1) is 25.5 Å². The van der Waals surface area contributed by atoms with E-state index in [1.165, 1.54) is 12.7 Å². The van der Waals surface area contributed by atoms with Gasteiger partial charge in [-0.2, -0.15) is 20.2 Å². The van der Waals surface area contributed by atoms with Gasteiger partial charge in [-0.1, -0.05) is 18.2 Å². The molecule has 2 aromatic carbocycles. The first-order chi connectivity index (χ1) is 32.6. The SMILES string of the molecule is Cc1c(CNC(=O)OC(C)(C)C)ccc(-c2ncnc(Nc3ccn(C)n3)n2)c1F.Cc1c(CNC(=O)OC(C)(C)C)ccc(B2OC(C)(C)C(C)(C)O2)c1F.Cn1ccc(Nc2ncnc(Cl)n2)n1. The first-order valence-corrected chi connectivity index (χ1v) is 22.4. The molecule has 4 N–H and O–H groups in total. The fraction of sp³-hybridized carbons (Fsp3) is 0.435. The number of benzene rings is 2. The highest BCUT2D eigenvalue weighted by Gasteiger charge is 2.52. The van der Waals surface area contributed by atoms with Crippen LogP contribution in [-0.2, 0) is 46.0 Å². The Morgan fingerprint density at radius 2 is 1.14 bits per heavy atom. The predicted molar refractivity (Wildman–Crippen MR) is 261 cm³/mol. The second-order valence-corrected chi connectivity index (χ2v) is 19.3. The summed E-state index contributed by atoms with van der Waals surface area (Å²) in [5, 5.41) is 19.6. The second kappa shape index (κ2) is 22.3. The molecule has 6 aromatic rings. The molecule has 70 heavy (non-hydrogen) atoms. The number of nitrogens with zero attached hydrogens (tertiary/aromatic N) is 10. The van der Waals surface area contributed by atoms with Crippen LogP contribution in [0.2, 0.25) is 5.28 Å². The maximum Gasteiger partial charge on any atom is 0.497 e. The summed E-state index contributed by atoms with van der Waals surface area (Å²) in [7, 11) is 2.86. The molecular formula is C46H60BClF2N14O6. The molecule has 1 saturated heterocycles. The van der Waals surface area contributed by atoms with Crippen molar-refractivity contribution >= 4 is 59.9 Å². The van der Waals surface area contributed by atoms with Gasteiger partial charge in [-0.15, -0.1) is 0 Å². The van der Waals surface area contributed by atoms with E-state index in [2.05, 4.69) is 61.4 Å². The zero-order valence-corrected chi connectivity index (χ0v) is 42.6. The van der Waals surface area contributed by atoms with E-state index in [-0.39, 0.29) is 41.5 Å². The summed E-state index contributed by atoms with van der Waals surface area (Å²) in [6.07, 6.45) is 5.13. The maximum absolute atomic E-state index is 15.0. The van der Waals surface area contributed by atoms with Crippen LogP contribution < -0.4 is 26.7 Å². The highest BCUT2D eigenvalue weighted by Crippen LogP contribution is 2.37. The van der Waals surface area contributed by atoms with Crippen LogP contribution in [0.5, 0.6) is 0 Å². The first kappa shape index (κ1) is 54.1. The number of carbonyl (C=O) groups is 2. The Hall–Kier alpha value is -6.85. The Labute approximate surface area is 411 Å². The minimum atomic E-state index is -0.758. The molecule has 4 aromatic heterocycles. The topological polar surface area (TPSA) is 232 Å². The number of ether oxygens (including phenoxy) is 2. The summed E-state index contributed by atoms with van der Waals surface area (Å²) in [6, 6.07) is 10.3. The number of anilines is 4. The quantitative estimate of drug-likeness (QED) is 0.0954. The van der Waals surface area contributed by atoms with Crippen LogP contribution in [0.4, 0.5) is 41.9 Å². The average Bonchev–Trinajstić information content (AvgIpc) is 3.92. The maximum atomic E-state index is 15.0. The molecule has 7 rings (SSSR count). The van der Waals surface area contributed by atoms with Crippen LogP contribution in [0.25, 0.3) is 11.4 Å². The third-order valence-electron chi connectivity index (χ3n) is 10.4. The van der Waals surface area contributed by atoms with E-state index in [0.717, 1.165) is 0 Å². The van der Waals surface area contributed by atoms with E-state index in [1.807, 2.05) is 40.9 Å². The van der Waals surface area contributed by atoms with E-state index in [4.69, 9.17) is 30.4 Å². The number of halogens is 3. The van der Waals surface area contributed by atoms with Gasteiger partial charge < -0.3 is 40.0 Å². The summed E-state index contributed by atoms with van der Waals surface area (Å²) in [6.45, 7) is 22.0. The summed E-state index contributed by atoms with van der Waals surface area (Å²) < 4.78 is 55.5. The molecule has 0 atom stereocenters. The highest BCUT2D eigenvalue weighted by molar-refractivity contribution is 6.62. The normalized spacial score (nSPS) is 13.8. The average molecular weight is 989 g/mol. The standard InChI is InChI=1S/C20H24FN7O2.C19H29BFNO4.C7H7ClN6/c1-12-13(10-22-19(29)30-20(2,3)4)6-7-14(16(12)21)17-23-11-24-18(26-17)25-15-8-9-28(5)27-15;1-12-13(11-22-16(23)24-17(2,3)4)9-10-14(15(12)21)20-25-18(5,6)19(7,8)26-20;1-14-3-2-5(13-14)11-7-10-4-9-6(8)12-7/h6-9,11H,10H2,1-5H3,(H,22,29)(H,23,24,25,26,27);9-10H,11H2,1-8H3,(H,22,23);2-4H,1H3,(H,9,10,11,12,13). The van der Waals surface area contributed by atoms with Gasteiger partial charge in [0, 0.05) is 57.2 Å². The summed E-state index contributed by atoms with van der Waals surface area (Å²) >= 11 is 5.59. The third-order valence-corrected chi connectivity index (χ3v) is 10.6. The Kier molecular flexibility index (Phi) is 17.2. The smallest absolute Gasteiger partial charge is 0.444 e. The Morgan fingerprint density at radius 3 is 1.60 bits per heavy atom. The monoisotopic (exact) mass is 988 g/mol. The Morgan fingerprint density at radius 1 is 0.686 bits per heavy atom. The molecule has 24 heteroatoms. The van der Waals surface area contributed by atoms with Crippen LogP contribution in [-0.4, -0.2) is 91.2 Å². The van der Waals surface area contributed by atoms with Crippen molar-refractivity contribution in [2.45, 2.75) is 119 Å². The molecule has 1 aliphatic rings. The van der Waals surface area contributed by atoms with Crippen molar-refractivity contribution in [1.29, 1.82) is 0 Å². The zero-order valence-electron chi connectivity index (χ0n) is 41.8. The number of aromatic nitrogens is 10. The highest BCUT2D eigenvalue weighted by atomic mass is 35.5. The van der Waals surface area contributed by atoms with Crippen molar-refractivity contribution in [1.82, 2.24) is 60.1 Å². The lowest BCUT2D eigenvalue weighted by Gasteiger charge is -2.32. The zero-order chi connectivity index (χ0) is 51.8. The molecule has 1 fully saturated rings. The van der Waals surface area contributed by atoms with Gasteiger partial charge in [0.25, 0.3) is 0 Å². The lowest BCUT2D eigenvalue weighted by Crippen LogP contribution is -2.41. The van der Waals surface area contributed by atoms with Crippen molar-refractivity contribution in [2.75, 3.05) is 10.6 Å².